The highest BCUT2D eigenvalue weighted by Crippen LogP contribution is 2.46. The lowest BCUT2D eigenvalue weighted by Gasteiger charge is -2.25. The first kappa shape index (κ1) is 23.7. The topological polar surface area (TPSA) is 29.3 Å². The van der Waals surface area contributed by atoms with Crippen LogP contribution in [0.4, 0.5) is 17.1 Å². The lowest BCUT2D eigenvalue weighted by Crippen LogP contribution is -2.09. The fraction of sp³-hybridized carbons (Fsp3) is 0. The van der Waals surface area contributed by atoms with Gasteiger partial charge in [0.25, 0.3) is 0 Å². The van der Waals surface area contributed by atoms with Gasteiger partial charge in [-0.05, 0) is 48.5 Å². The van der Waals surface area contributed by atoms with Crippen molar-refractivity contribution in [3.63, 3.8) is 0 Å². The normalized spacial score (nSPS) is 11.8. The van der Waals surface area contributed by atoms with Crippen molar-refractivity contribution in [2.75, 3.05) is 4.90 Å². The number of thiophene rings is 1. The van der Waals surface area contributed by atoms with E-state index in [1.807, 2.05) is 29.5 Å². The molecule has 0 radical (unpaired) electrons. The van der Waals surface area contributed by atoms with Gasteiger partial charge in [0.15, 0.2) is 5.58 Å². The van der Waals surface area contributed by atoms with E-state index in [1.54, 1.807) is 11.3 Å². The Balaban J connectivity index is 1.26. The molecular weight excluding hydrogens is 553 g/mol. The summed E-state index contributed by atoms with van der Waals surface area (Å²) in [6, 6.07) is 46.9. The summed E-state index contributed by atoms with van der Waals surface area (Å²) in [6.07, 6.45) is 0. The predicted molar refractivity (Wildman–Crippen MR) is 180 cm³/mol. The number of para-hydroxylation sites is 3. The van der Waals surface area contributed by atoms with Crippen LogP contribution in [0.25, 0.3) is 62.9 Å². The Morgan fingerprint density at radius 3 is 2.19 bits per heavy atom. The van der Waals surface area contributed by atoms with Crippen molar-refractivity contribution in [3.8, 4) is 10.6 Å². The number of rotatable bonds is 4. The number of thiazole rings is 1. The van der Waals surface area contributed by atoms with Crippen LogP contribution in [0, 0.1) is 0 Å². The Hall–Kier alpha value is -4.97. The van der Waals surface area contributed by atoms with E-state index in [0.29, 0.717) is 0 Å². The minimum absolute atomic E-state index is 0.886. The second-order valence-electron chi connectivity index (χ2n) is 10.4. The van der Waals surface area contributed by atoms with Crippen molar-refractivity contribution in [2.24, 2.45) is 0 Å². The number of aromatic nitrogens is 1. The molecule has 0 amide bonds. The summed E-state index contributed by atoms with van der Waals surface area (Å²) < 4.78 is 10.2. The van der Waals surface area contributed by atoms with E-state index in [4.69, 9.17) is 9.40 Å². The molecule has 0 aliphatic carbocycles. The maximum Gasteiger partial charge on any atom is 0.159 e. The first-order valence-electron chi connectivity index (χ1n) is 13.9. The van der Waals surface area contributed by atoms with Gasteiger partial charge in [0.05, 0.1) is 15.9 Å². The summed E-state index contributed by atoms with van der Waals surface area (Å²) in [7, 11) is 0. The zero-order chi connectivity index (χ0) is 27.6. The van der Waals surface area contributed by atoms with E-state index >= 15 is 0 Å². The number of fused-ring (bicyclic) bond motifs is 8. The summed E-state index contributed by atoms with van der Waals surface area (Å²) in [4.78, 5) is 7.45. The van der Waals surface area contributed by atoms with Crippen molar-refractivity contribution in [1.29, 1.82) is 0 Å². The van der Waals surface area contributed by atoms with Crippen molar-refractivity contribution in [3.05, 3.63) is 133 Å². The summed E-state index contributed by atoms with van der Waals surface area (Å²) in [5, 5.41) is 5.78. The highest BCUT2D eigenvalue weighted by atomic mass is 32.1. The smallest absolute Gasteiger partial charge is 0.159 e. The second kappa shape index (κ2) is 9.28. The van der Waals surface area contributed by atoms with E-state index < -0.39 is 0 Å². The lowest BCUT2D eigenvalue weighted by atomic mass is 10.1. The molecule has 42 heavy (non-hydrogen) atoms. The predicted octanol–water partition coefficient (Wildman–Crippen LogP) is 11.7. The van der Waals surface area contributed by atoms with Gasteiger partial charge >= 0.3 is 0 Å². The fourth-order valence-corrected chi connectivity index (χ4v) is 8.12. The van der Waals surface area contributed by atoms with Crippen LogP contribution in [0.2, 0.25) is 0 Å². The van der Waals surface area contributed by atoms with Crippen molar-refractivity contribution >= 4 is 92.1 Å². The maximum absolute atomic E-state index is 6.48. The summed E-state index contributed by atoms with van der Waals surface area (Å²) >= 11 is 3.58. The summed E-state index contributed by atoms with van der Waals surface area (Å²) in [6.45, 7) is 0. The van der Waals surface area contributed by atoms with Crippen LogP contribution in [0.15, 0.2) is 138 Å². The molecule has 9 rings (SSSR count). The van der Waals surface area contributed by atoms with E-state index in [0.717, 1.165) is 55.1 Å². The third kappa shape index (κ3) is 3.61. The van der Waals surface area contributed by atoms with Crippen LogP contribution in [0.1, 0.15) is 0 Å². The molecular formula is C37H22N2OS2. The van der Waals surface area contributed by atoms with E-state index in [9.17, 15) is 0 Å². The lowest BCUT2D eigenvalue weighted by molar-refractivity contribution is 0.669. The molecule has 6 aromatic carbocycles. The molecule has 9 aromatic rings. The van der Waals surface area contributed by atoms with E-state index in [2.05, 4.69) is 120 Å². The fourth-order valence-electron chi connectivity index (χ4n) is 6.00. The third-order valence-corrected chi connectivity index (χ3v) is 10.1. The summed E-state index contributed by atoms with van der Waals surface area (Å²) in [5.74, 6) is 0. The molecule has 0 aliphatic rings. The maximum atomic E-state index is 6.48. The molecule has 198 valence electrons. The molecule has 0 N–H and O–H groups in total. The number of anilines is 3. The molecule has 0 bridgehead atoms. The first-order valence-corrected chi connectivity index (χ1v) is 15.5. The third-order valence-electron chi connectivity index (χ3n) is 7.89. The standard InChI is InChI=1S/C37H22N2OS2/c1-3-10-23(11-4-1)37-38-35-32(42-37)21-20-31-34(35)28-19-18-25(22-33(28)41-31)39(24-12-5-2-6-13-24)29-16-9-15-27-26-14-7-8-17-30(26)40-36(27)29/h1-22H. The molecule has 3 heterocycles. The molecule has 0 saturated heterocycles. The van der Waals surface area contributed by atoms with Gasteiger partial charge in [0.2, 0.25) is 0 Å². The number of furan rings is 1. The van der Waals surface area contributed by atoms with Gasteiger partial charge in [-0.1, -0.05) is 84.9 Å². The van der Waals surface area contributed by atoms with Gasteiger partial charge in [0.1, 0.15) is 10.6 Å². The second-order valence-corrected chi connectivity index (χ2v) is 12.5. The van der Waals surface area contributed by atoms with E-state index in [1.165, 1.54) is 24.9 Å². The molecule has 0 spiro atoms. The minimum atomic E-state index is 0.886. The van der Waals surface area contributed by atoms with Gasteiger partial charge in [-0.2, -0.15) is 0 Å². The van der Waals surface area contributed by atoms with Crippen molar-refractivity contribution < 1.29 is 4.42 Å². The van der Waals surface area contributed by atoms with Crippen LogP contribution < -0.4 is 4.90 Å². The van der Waals surface area contributed by atoms with Gasteiger partial charge in [0, 0.05) is 47.9 Å². The molecule has 0 fully saturated rings. The molecule has 3 aromatic heterocycles. The summed E-state index contributed by atoms with van der Waals surface area (Å²) in [5.41, 5.74) is 7.22. The molecule has 0 unspecified atom stereocenters. The Morgan fingerprint density at radius 2 is 1.31 bits per heavy atom. The molecule has 0 aliphatic heterocycles. The Labute approximate surface area is 249 Å². The first-order chi connectivity index (χ1) is 20.8. The van der Waals surface area contributed by atoms with Crippen LogP contribution in [-0.2, 0) is 0 Å². The highest BCUT2D eigenvalue weighted by Gasteiger charge is 2.21. The SMILES string of the molecule is c1ccc(-c2nc3c(ccc4sc5cc(N(c6ccccc6)c6cccc7c6oc6ccccc67)ccc5c43)s2)cc1. The Morgan fingerprint density at radius 1 is 0.548 bits per heavy atom. The Bertz CT molecular complexity index is 2420. The Kier molecular flexibility index (Phi) is 5.24. The van der Waals surface area contributed by atoms with Crippen molar-refractivity contribution in [1.82, 2.24) is 4.98 Å². The van der Waals surface area contributed by atoms with Gasteiger partial charge in [-0.25, -0.2) is 4.98 Å². The molecule has 3 nitrogen and oxygen atoms in total. The van der Waals surface area contributed by atoms with Crippen LogP contribution in [0.3, 0.4) is 0 Å². The van der Waals surface area contributed by atoms with Gasteiger partial charge < -0.3 is 9.32 Å². The number of hydrogen-bond acceptors (Lipinski definition) is 5. The quantitative estimate of drug-likeness (QED) is 0.209. The minimum Gasteiger partial charge on any atom is -0.454 e. The monoisotopic (exact) mass is 574 g/mol. The van der Waals surface area contributed by atoms with Gasteiger partial charge in [-0.15, -0.1) is 22.7 Å². The largest absolute Gasteiger partial charge is 0.454 e. The zero-order valence-electron chi connectivity index (χ0n) is 22.3. The average molecular weight is 575 g/mol. The van der Waals surface area contributed by atoms with Crippen LogP contribution in [0.5, 0.6) is 0 Å². The zero-order valence-corrected chi connectivity index (χ0v) is 24.0. The molecule has 0 atom stereocenters. The van der Waals surface area contributed by atoms with E-state index in [-0.39, 0.29) is 0 Å². The van der Waals surface area contributed by atoms with Crippen LogP contribution in [-0.4, -0.2) is 4.98 Å². The highest BCUT2D eigenvalue weighted by molar-refractivity contribution is 7.26. The molecule has 0 saturated carbocycles. The number of hydrogen-bond donors (Lipinski definition) is 0. The number of benzene rings is 6. The average Bonchev–Trinajstić information content (AvgIpc) is 3.75. The van der Waals surface area contributed by atoms with Crippen molar-refractivity contribution in [2.45, 2.75) is 0 Å². The number of nitrogens with zero attached hydrogens (tertiary/aromatic N) is 2. The van der Waals surface area contributed by atoms with Crippen LogP contribution >= 0.6 is 22.7 Å². The van der Waals surface area contributed by atoms with Gasteiger partial charge in [-0.3, -0.25) is 0 Å². The molecule has 5 heteroatoms.